The number of carbonyl (C=O) groups is 2. The fraction of sp³-hybridized carbons (Fsp3) is 0.423. The number of nitrogens with zero attached hydrogens (tertiary/aromatic N) is 2. The van der Waals surface area contributed by atoms with Gasteiger partial charge in [-0.05, 0) is 75.4 Å². The van der Waals surface area contributed by atoms with Gasteiger partial charge in [0.2, 0.25) is 0 Å². The van der Waals surface area contributed by atoms with Crippen LogP contribution in [0.15, 0.2) is 34.4 Å². The number of amides is 2. The summed E-state index contributed by atoms with van der Waals surface area (Å²) < 4.78 is 2.09. The highest BCUT2D eigenvalue weighted by molar-refractivity contribution is 6.08. The maximum Gasteiger partial charge on any atom is 0.286 e. The Kier molecular flexibility index (Phi) is 7.81. The highest BCUT2D eigenvalue weighted by Gasteiger charge is 2.19. The lowest BCUT2D eigenvalue weighted by Crippen LogP contribution is -2.28. The molecule has 0 saturated heterocycles. The molecule has 0 aliphatic heterocycles. The summed E-state index contributed by atoms with van der Waals surface area (Å²) in [5.41, 5.74) is 5.21. The van der Waals surface area contributed by atoms with Gasteiger partial charge < -0.3 is 14.9 Å². The number of nitrogens with one attached hydrogen (secondary N) is 2. The zero-order valence-corrected chi connectivity index (χ0v) is 20.4. The van der Waals surface area contributed by atoms with E-state index < -0.39 is 5.91 Å². The van der Waals surface area contributed by atoms with E-state index in [1.165, 1.54) is 0 Å². The molecule has 8 nitrogen and oxygen atoms in total. The van der Waals surface area contributed by atoms with E-state index in [1.807, 2.05) is 39.1 Å². The Balaban J connectivity index is 2.01. The van der Waals surface area contributed by atoms with Crippen molar-refractivity contribution in [3.63, 3.8) is 0 Å². The van der Waals surface area contributed by atoms with Gasteiger partial charge >= 0.3 is 0 Å². The first-order valence-corrected chi connectivity index (χ1v) is 11.7. The van der Waals surface area contributed by atoms with E-state index in [9.17, 15) is 19.3 Å². The summed E-state index contributed by atoms with van der Waals surface area (Å²) in [5.74, 6) is -1.01. The van der Waals surface area contributed by atoms with Crippen LogP contribution in [0.25, 0.3) is 10.9 Å². The van der Waals surface area contributed by atoms with E-state index in [4.69, 9.17) is 0 Å². The molecule has 8 heteroatoms. The first-order valence-electron chi connectivity index (χ1n) is 11.7. The van der Waals surface area contributed by atoms with Crippen molar-refractivity contribution in [3.8, 4) is 0 Å². The lowest BCUT2D eigenvalue weighted by atomic mass is 9.99. The standard InChI is InChI=1S/C26H32N4O4/c1-6-7-19-10-17(5)28-26(33)21(19)13-27-25(32)20-11-18(8-9-23(31)29-34)12-22-24(20)16(4)14-30(22)15(2)3/h10-12,14-15H,6-9,13H2,1-5H3,(H,27,32)(H,28,33). The van der Waals surface area contributed by atoms with Crippen molar-refractivity contribution in [1.29, 1.82) is 0 Å². The van der Waals surface area contributed by atoms with Crippen molar-refractivity contribution in [2.45, 2.75) is 72.9 Å². The normalized spacial score (nSPS) is 11.2. The maximum atomic E-state index is 13.4. The number of aryl methyl sites for hydroxylation is 4. The number of aromatic nitrogens is 2. The second kappa shape index (κ2) is 10.6. The van der Waals surface area contributed by atoms with Gasteiger partial charge in [0.05, 0.1) is 0 Å². The van der Waals surface area contributed by atoms with Crippen LogP contribution in [-0.2, 0) is 24.2 Å². The molecule has 3 rings (SSSR count). The van der Waals surface area contributed by atoms with Gasteiger partial charge in [-0.1, -0.05) is 13.3 Å². The molecule has 0 spiro atoms. The van der Waals surface area contributed by atoms with Crippen LogP contribution < -0.4 is 10.9 Å². The molecule has 0 radical (unpaired) electrons. The van der Waals surface area contributed by atoms with Crippen LogP contribution in [0.3, 0.4) is 0 Å². The Bertz CT molecular complexity index is 1300. The molecular formula is C26H32N4O4. The van der Waals surface area contributed by atoms with Crippen LogP contribution in [0, 0.1) is 18.8 Å². The molecule has 2 N–H and O–H groups in total. The third-order valence-electron chi connectivity index (χ3n) is 6.02. The molecular weight excluding hydrogens is 432 g/mol. The van der Waals surface area contributed by atoms with Crippen molar-refractivity contribution in [2.75, 3.05) is 0 Å². The minimum Gasteiger partial charge on any atom is -0.348 e. The lowest BCUT2D eigenvalue weighted by Gasteiger charge is -2.14. The van der Waals surface area contributed by atoms with Crippen LogP contribution in [0.2, 0.25) is 0 Å². The van der Waals surface area contributed by atoms with Crippen molar-refractivity contribution in [1.82, 2.24) is 14.9 Å². The highest BCUT2D eigenvalue weighted by atomic mass is 16.3. The van der Waals surface area contributed by atoms with E-state index in [1.54, 1.807) is 6.07 Å². The van der Waals surface area contributed by atoms with Crippen LogP contribution in [0.4, 0.5) is 0 Å². The van der Waals surface area contributed by atoms with Gasteiger partial charge in [0, 0.05) is 58.1 Å². The molecule has 1 aromatic carbocycles. The minimum absolute atomic E-state index is 0.0173. The molecule has 2 heterocycles. The molecule has 0 fully saturated rings. The Hall–Kier alpha value is -3.55. The van der Waals surface area contributed by atoms with Crippen molar-refractivity contribution < 1.29 is 9.59 Å². The summed E-state index contributed by atoms with van der Waals surface area (Å²) in [4.78, 5) is 50.8. The molecule has 0 atom stereocenters. The smallest absolute Gasteiger partial charge is 0.286 e. The molecule has 2 aromatic heterocycles. The number of carbonyl (C=O) groups excluding carboxylic acids is 2. The van der Waals surface area contributed by atoms with E-state index in [0.29, 0.717) is 17.5 Å². The summed E-state index contributed by atoms with van der Waals surface area (Å²) in [6, 6.07) is 5.85. The number of rotatable bonds is 9. The average Bonchev–Trinajstić information content (AvgIpc) is 3.13. The van der Waals surface area contributed by atoms with Gasteiger partial charge in [-0.25, -0.2) is 0 Å². The summed E-state index contributed by atoms with van der Waals surface area (Å²) in [5, 5.41) is 6.23. The first kappa shape index (κ1) is 25.1. The third kappa shape index (κ3) is 5.32. The summed E-state index contributed by atoms with van der Waals surface area (Å²) in [7, 11) is 0. The molecule has 0 saturated carbocycles. The number of hydrogen-bond donors (Lipinski definition) is 2. The van der Waals surface area contributed by atoms with Crippen molar-refractivity contribution >= 4 is 22.7 Å². The van der Waals surface area contributed by atoms with Gasteiger partial charge in [-0.15, -0.1) is 4.91 Å². The lowest BCUT2D eigenvalue weighted by molar-refractivity contribution is -0.117. The average molecular weight is 465 g/mol. The Labute approximate surface area is 198 Å². The van der Waals surface area contributed by atoms with E-state index in [-0.39, 0.29) is 30.5 Å². The SMILES string of the molecule is CCCc1cc(C)[nH]c(=O)c1CNC(=O)c1cc(CCC(=O)N=O)cc2c1c(C)cn2C(C)C. The van der Waals surface area contributed by atoms with Gasteiger partial charge in [-0.2, -0.15) is 0 Å². The van der Waals surface area contributed by atoms with Crippen molar-refractivity contribution in [2.24, 2.45) is 5.18 Å². The minimum atomic E-state index is -0.719. The molecule has 34 heavy (non-hydrogen) atoms. The van der Waals surface area contributed by atoms with Gasteiger partial charge in [0.15, 0.2) is 0 Å². The number of aromatic amines is 1. The van der Waals surface area contributed by atoms with Crippen LogP contribution >= 0.6 is 0 Å². The third-order valence-corrected chi connectivity index (χ3v) is 6.02. The second-order valence-corrected chi connectivity index (χ2v) is 9.05. The van der Waals surface area contributed by atoms with E-state index in [0.717, 1.165) is 46.1 Å². The zero-order chi connectivity index (χ0) is 25.0. The topological polar surface area (TPSA) is 113 Å². The second-order valence-electron chi connectivity index (χ2n) is 9.05. The number of hydrogen-bond acceptors (Lipinski definition) is 4. The van der Waals surface area contributed by atoms with Crippen LogP contribution in [-0.4, -0.2) is 21.4 Å². The predicted octanol–water partition coefficient (Wildman–Crippen LogP) is 4.64. The fourth-order valence-corrected chi connectivity index (χ4v) is 4.43. The van der Waals surface area contributed by atoms with E-state index >= 15 is 0 Å². The number of benzene rings is 1. The zero-order valence-electron chi connectivity index (χ0n) is 20.4. The van der Waals surface area contributed by atoms with Crippen LogP contribution in [0.5, 0.6) is 0 Å². The largest absolute Gasteiger partial charge is 0.348 e. The van der Waals surface area contributed by atoms with Crippen LogP contribution in [0.1, 0.15) is 78.0 Å². The highest BCUT2D eigenvalue weighted by Crippen LogP contribution is 2.29. The monoisotopic (exact) mass is 464 g/mol. The fourth-order valence-electron chi connectivity index (χ4n) is 4.43. The molecule has 3 aromatic rings. The Morgan fingerprint density at radius 1 is 1.15 bits per heavy atom. The molecule has 180 valence electrons. The van der Waals surface area contributed by atoms with Gasteiger partial charge in [0.25, 0.3) is 17.4 Å². The van der Waals surface area contributed by atoms with Crippen molar-refractivity contribution in [3.05, 3.63) is 73.2 Å². The predicted molar refractivity (Wildman–Crippen MR) is 133 cm³/mol. The molecule has 0 bridgehead atoms. The maximum absolute atomic E-state index is 13.4. The summed E-state index contributed by atoms with van der Waals surface area (Å²) in [6.07, 6.45) is 3.95. The molecule has 0 aliphatic rings. The van der Waals surface area contributed by atoms with Gasteiger partial charge in [-0.3, -0.25) is 14.4 Å². The van der Waals surface area contributed by atoms with E-state index in [2.05, 4.69) is 33.9 Å². The summed E-state index contributed by atoms with van der Waals surface area (Å²) >= 11 is 0. The molecule has 0 aliphatic carbocycles. The quantitative estimate of drug-likeness (QED) is 0.449. The number of nitroso groups, excluding NO2 is 1. The molecule has 2 amide bonds. The first-order chi connectivity index (χ1) is 16.2. The molecule has 0 unspecified atom stereocenters. The number of fused-ring (bicyclic) bond motifs is 1. The number of H-pyrrole nitrogens is 1. The van der Waals surface area contributed by atoms with Gasteiger partial charge in [0.1, 0.15) is 0 Å². The number of pyridine rings is 1. The Morgan fingerprint density at radius 2 is 1.88 bits per heavy atom. The summed E-state index contributed by atoms with van der Waals surface area (Å²) in [6.45, 7) is 10.1. The Morgan fingerprint density at radius 3 is 2.53 bits per heavy atom.